The molecule has 96 valence electrons. The maximum Gasteiger partial charge on any atom is 0.251 e. The van der Waals surface area contributed by atoms with Gasteiger partial charge in [0, 0.05) is 18.2 Å². The summed E-state index contributed by atoms with van der Waals surface area (Å²) in [5.41, 5.74) is 0.660. The van der Waals surface area contributed by atoms with Gasteiger partial charge in [-0.2, -0.15) is 0 Å². The van der Waals surface area contributed by atoms with Crippen molar-refractivity contribution in [2.24, 2.45) is 0 Å². The molecule has 1 aromatic carbocycles. The molecule has 1 atom stereocenters. The van der Waals surface area contributed by atoms with Crippen LogP contribution in [0.3, 0.4) is 0 Å². The lowest BCUT2D eigenvalue weighted by atomic mass is 10.2. The molecule has 1 aliphatic rings. The molecule has 1 aromatic rings. The first-order chi connectivity index (χ1) is 8.79. The Kier molecular flexibility index (Phi) is 4.36. The molecule has 1 heterocycles. The minimum absolute atomic E-state index is 0.0287. The molecule has 0 bridgehead atoms. The van der Waals surface area contributed by atoms with E-state index in [1.54, 1.807) is 30.3 Å². The Balaban J connectivity index is 1.91. The minimum Gasteiger partial charge on any atom is -0.490 e. The van der Waals surface area contributed by atoms with Gasteiger partial charge in [-0.25, -0.2) is 0 Å². The van der Waals surface area contributed by atoms with Crippen LogP contribution < -0.4 is 15.4 Å². The molecule has 4 heteroatoms. The molecule has 1 saturated heterocycles. The fourth-order valence-corrected chi connectivity index (χ4v) is 1.90. The number of hydrogen-bond acceptors (Lipinski definition) is 3. The molecule has 0 aliphatic carbocycles. The summed E-state index contributed by atoms with van der Waals surface area (Å²) in [6.45, 7) is 5.88. The average molecular weight is 246 g/mol. The summed E-state index contributed by atoms with van der Waals surface area (Å²) >= 11 is 0. The number of ether oxygens (including phenoxy) is 1. The molecule has 2 rings (SSSR count). The fraction of sp³-hybridized carbons (Fsp3) is 0.357. The Hall–Kier alpha value is -1.81. The first-order valence-corrected chi connectivity index (χ1v) is 6.15. The molecular formula is C14H18N2O2. The largest absolute Gasteiger partial charge is 0.490 e. The van der Waals surface area contributed by atoms with Gasteiger partial charge in [-0.15, -0.1) is 0 Å². The average Bonchev–Trinajstić information content (AvgIpc) is 2.89. The predicted octanol–water partition coefficient (Wildman–Crippen LogP) is 1.34. The van der Waals surface area contributed by atoms with Gasteiger partial charge in [-0.3, -0.25) is 4.79 Å². The van der Waals surface area contributed by atoms with Crippen molar-refractivity contribution in [2.45, 2.75) is 12.5 Å². The van der Waals surface area contributed by atoms with E-state index >= 15 is 0 Å². The van der Waals surface area contributed by atoms with Crippen molar-refractivity contribution in [3.05, 3.63) is 42.5 Å². The number of amides is 1. The second-order valence-electron chi connectivity index (χ2n) is 4.29. The van der Waals surface area contributed by atoms with Gasteiger partial charge in [-0.05, 0) is 37.2 Å². The molecule has 1 fully saturated rings. The lowest BCUT2D eigenvalue weighted by Crippen LogP contribution is -2.36. The monoisotopic (exact) mass is 246 g/mol. The maximum atomic E-state index is 11.9. The Morgan fingerprint density at radius 2 is 2.28 bits per heavy atom. The summed E-state index contributed by atoms with van der Waals surface area (Å²) in [5, 5.41) is 6.22. The zero-order valence-electron chi connectivity index (χ0n) is 10.3. The molecule has 0 spiro atoms. The number of hydrogen-bond donors (Lipinski definition) is 2. The molecule has 1 aliphatic heterocycles. The van der Waals surface area contributed by atoms with E-state index in [2.05, 4.69) is 17.2 Å². The molecule has 2 N–H and O–H groups in total. The van der Waals surface area contributed by atoms with E-state index in [4.69, 9.17) is 4.74 Å². The smallest absolute Gasteiger partial charge is 0.251 e. The number of benzene rings is 1. The van der Waals surface area contributed by atoms with Crippen molar-refractivity contribution < 1.29 is 9.53 Å². The zero-order chi connectivity index (χ0) is 12.8. The van der Waals surface area contributed by atoms with Gasteiger partial charge >= 0.3 is 0 Å². The van der Waals surface area contributed by atoms with Crippen LogP contribution in [0.25, 0.3) is 0 Å². The van der Waals surface area contributed by atoms with E-state index in [1.165, 1.54) is 0 Å². The lowest BCUT2D eigenvalue weighted by molar-refractivity contribution is 0.0940. The van der Waals surface area contributed by atoms with Crippen LogP contribution in [0.5, 0.6) is 5.75 Å². The first kappa shape index (κ1) is 12.6. The van der Waals surface area contributed by atoms with Crippen LogP contribution in [0.15, 0.2) is 36.9 Å². The van der Waals surface area contributed by atoms with E-state index in [9.17, 15) is 4.79 Å². The Labute approximate surface area is 107 Å². The summed E-state index contributed by atoms with van der Waals surface area (Å²) in [6.07, 6.45) is 2.68. The third-order valence-electron chi connectivity index (χ3n) is 2.88. The van der Waals surface area contributed by atoms with Crippen LogP contribution in [0.4, 0.5) is 0 Å². The molecular weight excluding hydrogens is 228 g/mol. The molecule has 1 amide bonds. The van der Waals surface area contributed by atoms with E-state index < -0.39 is 0 Å². The number of rotatable bonds is 5. The van der Waals surface area contributed by atoms with Crippen molar-refractivity contribution in [3.8, 4) is 5.75 Å². The van der Waals surface area contributed by atoms with Crippen LogP contribution in [0, 0.1) is 0 Å². The molecule has 1 unspecified atom stereocenters. The van der Waals surface area contributed by atoms with Gasteiger partial charge in [0.25, 0.3) is 5.91 Å². The third-order valence-corrected chi connectivity index (χ3v) is 2.88. The highest BCUT2D eigenvalue weighted by atomic mass is 16.5. The molecule has 0 aromatic heterocycles. The summed E-state index contributed by atoms with van der Waals surface area (Å²) in [6, 6.07) is 7.39. The molecule has 18 heavy (non-hydrogen) atoms. The van der Waals surface area contributed by atoms with Crippen molar-refractivity contribution in [3.63, 3.8) is 0 Å². The van der Waals surface area contributed by atoms with Crippen LogP contribution in [0.2, 0.25) is 0 Å². The van der Waals surface area contributed by atoms with E-state index in [0.29, 0.717) is 12.2 Å². The normalized spacial score (nSPS) is 18.3. The number of carbonyl (C=O) groups excluding carboxylic acids is 1. The quantitative estimate of drug-likeness (QED) is 0.771. The van der Waals surface area contributed by atoms with Gasteiger partial charge in [0.15, 0.2) is 0 Å². The highest BCUT2D eigenvalue weighted by Crippen LogP contribution is 2.12. The maximum absolute atomic E-state index is 11.9. The van der Waals surface area contributed by atoms with Crippen molar-refractivity contribution in [1.82, 2.24) is 10.6 Å². The minimum atomic E-state index is -0.0287. The van der Waals surface area contributed by atoms with Gasteiger partial charge in [0.05, 0.1) is 0 Å². The van der Waals surface area contributed by atoms with E-state index in [-0.39, 0.29) is 11.9 Å². The van der Waals surface area contributed by atoms with Gasteiger partial charge < -0.3 is 15.4 Å². The highest BCUT2D eigenvalue weighted by molar-refractivity contribution is 5.94. The van der Waals surface area contributed by atoms with E-state index in [0.717, 1.165) is 25.3 Å². The van der Waals surface area contributed by atoms with E-state index in [1.807, 2.05) is 0 Å². The second-order valence-corrected chi connectivity index (χ2v) is 4.29. The number of nitrogens with one attached hydrogen (secondary N) is 2. The number of carbonyl (C=O) groups is 1. The SMILES string of the molecule is C=CCOc1ccc(C(=O)NC2CCNC2)cc1. The van der Waals surface area contributed by atoms with Gasteiger partial charge in [-0.1, -0.05) is 12.7 Å². The fourth-order valence-electron chi connectivity index (χ4n) is 1.90. The van der Waals surface area contributed by atoms with Crippen molar-refractivity contribution in [2.75, 3.05) is 19.7 Å². The van der Waals surface area contributed by atoms with Gasteiger partial charge in [0.2, 0.25) is 0 Å². The Morgan fingerprint density at radius 3 is 2.89 bits per heavy atom. The third kappa shape index (κ3) is 3.34. The molecule has 0 radical (unpaired) electrons. The highest BCUT2D eigenvalue weighted by Gasteiger charge is 2.17. The summed E-state index contributed by atoms with van der Waals surface area (Å²) in [7, 11) is 0. The first-order valence-electron chi connectivity index (χ1n) is 6.15. The zero-order valence-corrected chi connectivity index (χ0v) is 10.3. The lowest BCUT2D eigenvalue weighted by Gasteiger charge is -2.11. The Bertz CT molecular complexity index is 408. The summed E-state index contributed by atoms with van der Waals surface area (Å²) < 4.78 is 5.36. The van der Waals surface area contributed by atoms with Crippen LogP contribution >= 0.6 is 0 Å². The topological polar surface area (TPSA) is 50.4 Å². The van der Waals surface area contributed by atoms with Crippen molar-refractivity contribution >= 4 is 5.91 Å². The summed E-state index contributed by atoms with van der Waals surface area (Å²) in [5.74, 6) is 0.716. The van der Waals surface area contributed by atoms with Crippen molar-refractivity contribution in [1.29, 1.82) is 0 Å². The standard InChI is InChI=1S/C14H18N2O2/c1-2-9-18-13-5-3-11(4-6-13)14(17)16-12-7-8-15-10-12/h2-6,12,15H,1,7-10H2,(H,16,17). The van der Waals surface area contributed by atoms with Crippen LogP contribution in [-0.4, -0.2) is 31.6 Å². The van der Waals surface area contributed by atoms with Crippen LogP contribution in [0.1, 0.15) is 16.8 Å². The molecule has 0 saturated carbocycles. The Morgan fingerprint density at radius 1 is 1.50 bits per heavy atom. The molecule has 4 nitrogen and oxygen atoms in total. The second kappa shape index (κ2) is 6.21. The summed E-state index contributed by atoms with van der Waals surface area (Å²) in [4.78, 5) is 11.9. The van der Waals surface area contributed by atoms with Crippen LogP contribution in [-0.2, 0) is 0 Å². The van der Waals surface area contributed by atoms with Gasteiger partial charge in [0.1, 0.15) is 12.4 Å². The predicted molar refractivity (Wildman–Crippen MR) is 70.9 cm³/mol.